The summed E-state index contributed by atoms with van der Waals surface area (Å²) in [6.07, 6.45) is 11.5. The van der Waals surface area contributed by atoms with Gasteiger partial charge < -0.3 is 10.2 Å². The molecule has 0 aromatic carbocycles. The van der Waals surface area contributed by atoms with Gasteiger partial charge in [0, 0.05) is 12.3 Å². The molecular formula is C22H38O4. The number of carboxylic acid groups (broad SMARTS) is 1. The fourth-order valence-electron chi connectivity index (χ4n) is 4.17. The molecule has 1 fully saturated rings. The van der Waals surface area contributed by atoms with Crippen LogP contribution in [0.3, 0.4) is 0 Å². The molecule has 2 N–H and O–H groups in total. The predicted molar refractivity (Wildman–Crippen MR) is 105 cm³/mol. The fourth-order valence-corrected chi connectivity index (χ4v) is 4.17. The van der Waals surface area contributed by atoms with E-state index >= 15 is 0 Å². The molecule has 1 aliphatic carbocycles. The number of carbonyl (C=O) groups excluding carboxylic acids is 1. The number of ketones is 1. The lowest BCUT2D eigenvalue weighted by atomic mass is 9.78. The van der Waals surface area contributed by atoms with Gasteiger partial charge in [-0.3, -0.25) is 9.59 Å². The number of Topliss-reactive ketones (excluding diaryl/α,β-unsaturated/α-hetero) is 1. The molecule has 4 nitrogen and oxygen atoms in total. The van der Waals surface area contributed by atoms with Crippen molar-refractivity contribution in [2.45, 2.75) is 91.1 Å². The Morgan fingerprint density at radius 3 is 2.42 bits per heavy atom. The lowest BCUT2D eigenvalue weighted by molar-refractivity contribution is -0.147. The molecule has 26 heavy (non-hydrogen) atoms. The first kappa shape index (κ1) is 22.9. The Morgan fingerprint density at radius 2 is 1.85 bits per heavy atom. The molecule has 5 atom stereocenters. The summed E-state index contributed by atoms with van der Waals surface area (Å²) in [5.74, 6) is -1.82. The fraction of sp³-hybridized carbons (Fsp3) is 0.818. The second-order valence-electron chi connectivity index (χ2n) is 8.36. The number of unbranched alkanes of at least 4 members (excludes halogenated alkanes) is 4. The maximum absolute atomic E-state index is 12.5. The molecule has 4 heteroatoms. The molecule has 0 heterocycles. The predicted octanol–water partition coefficient (Wildman–Crippen LogP) is 5.00. The second-order valence-corrected chi connectivity index (χ2v) is 8.36. The van der Waals surface area contributed by atoms with Crippen LogP contribution in [0.4, 0.5) is 0 Å². The highest BCUT2D eigenvalue weighted by molar-refractivity contribution is 5.88. The van der Waals surface area contributed by atoms with Crippen LogP contribution in [0.2, 0.25) is 0 Å². The third-order valence-electron chi connectivity index (χ3n) is 5.80. The Kier molecular flexibility index (Phi) is 9.56. The Bertz CT molecular complexity index is 481. The van der Waals surface area contributed by atoms with Crippen LogP contribution in [0.5, 0.6) is 0 Å². The van der Waals surface area contributed by atoms with E-state index in [1.54, 1.807) is 13.0 Å². The van der Waals surface area contributed by atoms with Gasteiger partial charge in [0.1, 0.15) is 5.78 Å². The lowest BCUT2D eigenvalue weighted by Gasteiger charge is -2.26. The highest BCUT2D eigenvalue weighted by Gasteiger charge is 2.45. The number of aliphatic hydroxyl groups is 1. The van der Waals surface area contributed by atoms with Gasteiger partial charge in [0.05, 0.1) is 11.5 Å². The first-order chi connectivity index (χ1) is 12.2. The summed E-state index contributed by atoms with van der Waals surface area (Å²) < 4.78 is 0. The topological polar surface area (TPSA) is 74.6 Å². The molecule has 1 rings (SSSR count). The number of aliphatic carboxylic acids is 1. The van der Waals surface area contributed by atoms with Gasteiger partial charge in [-0.05, 0) is 31.6 Å². The van der Waals surface area contributed by atoms with Crippen molar-refractivity contribution < 1.29 is 19.8 Å². The first-order valence-electron chi connectivity index (χ1n) is 10.4. The van der Waals surface area contributed by atoms with Gasteiger partial charge in [0.15, 0.2) is 0 Å². The van der Waals surface area contributed by atoms with Gasteiger partial charge in [-0.15, -0.1) is 0 Å². The summed E-state index contributed by atoms with van der Waals surface area (Å²) in [6, 6.07) is 0. The van der Waals surface area contributed by atoms with Crippen LogP contribution in [0.15, 0.2) is 12.2 Å². The molecule has 150 valence electrons. The summed E-state index contributed by atoms with van der Waals surface area (Å²) in [4.78, 5) is 24.4. The van der Waals surface area contributed by atoms with Crippen LogP contribution >= 0.6 is 0 Å². The van der Waals surface area contributed by atoms with Gasteiger partial charge in [0.2, 0.25) is 0 Å². The molecule has 0 aromatic heterocycles. The lowest BCUT2D eigenvalue weighted by Crippen LogP contribution is -2.31. The van der Waals surface area contributed by atoms with Crippen molar-refractivity contribution in [3.05, 3.63) is 12.2 Å². The Balaban J connectivity index is 2.89. The Morgan fingerprint density at radius 1 is 1.23 bits per heavy atom. The van der Waals surface area contributed by atoms with Crippen molar-refractivity contribution in [3.63, 3.8) is 0 Å². The third-order valence-corrected chi connectivity index (χ3v) is 5.80. The number of allylic oxidation sites excluding steroid dienone is 1. The Hall–Kier alpha value is -1.16. The zero-order valence-electron chi connectivity index (χ0n) is 17.0. The van der Waals surface area contributed by atoms with Crippen LogP contribution in [0, 0.1) is 23.7 Å². The third kappa shape index (κ3) is 6.86. The van der Waals surface area contributed by atoms with Crippen molar-refractivity contribution in [2.24, 2.45) is 23.7 Å². The summed E-state index contributed by atoms with van der Waals surface area (Å²) >= 11 is 0. The number of hydrogen-bond donors (Lipinski definition) is 2. The van der Waals surface area contributed by atoms with E-state index in [-0.39, 0.29) is 17.6 Å². The summed E-state index contributed by atoms with van der Waals surface area (Å²) in [5.41, 5.74) is -0.897. The molecule has 0 amide bonds. The monoisotopic (exact) mass is 366 g/mol. The summed E-state index contributed by atoms with van der Waals surface area (Å²) in [7, 11) is 0. The van der Waals surface area contributed by atoms with E-state index in [0.717, 1.165) is 38.5 Å². The van der Waals surface area contributed by atoms with Gasteiger partial charge >= 0.3 is 5.97 Å². The van der Waals surface area contributed by atoms with E-state index in [4.69, 9.17) is 0 Å². The average molecular weight is 367 g/mol. The molecule has 0 aromatic rings. The summed E-state index contributed by atoms with van der Waals surface area (Å²) in [6.45, 7) is 8.03. The standard InChI is InChI=1S/C22H38O4/c1-5-7-9-11-18(21(24)25)20-17(16(3)15-19(20)23)12-14-22(4,26)13-10-8-6-2/h12,14,16-18,20,26H,5-11,13,15H2,1-4H3,(H,24,25)/t16-,17+,18?,20-,22?/m1/s1. The Labute approximate surface area is 159 Å². The van der Waals surface area contributed by atoms with Crippen LogP contribution in [0.1, 0.15) is 85.5 Å². The minimum Gasteiger partial charge on any atom is -0.481 e. The highest BCUT2D eigenvalue weighted by Crippen LogP contribution is 2.42. The minimum atomic E-state index is -0.897. The highest BCUT2D eigenvalue weighted by atomic mass is 16.4. The molecule has 0 bridgehead atoms. The molecule has 1 saturated carbocycles. The molecular weight excluding hydrogens is 328 g/mol. The average Bonchev–Trinajstić information content (AvgIpc) is 2.83. The smallest absolute Gasteiger partial charge is 0.307 e. The zero-order valence-corrected chi connectivity index (χ0v) is 17.0. The number of carbonyl (C=O) groups is 2. The largest absolute Gasteiger partial charge is 0.481 e. The zero-order chi connectivity index (χ0) is 19.7. The molecule has 0 aliphatic heterocycles. The van der Waals surface area contributed by atoms with Gasteiger partial charge in [0.25, 0.3) is 0 Å². The minimum absolute atomic E-state index is 0.0710. The van der Waals surface area contributed by atoms with E-state index in [0.29, 0.717) is 19.3 Å². The van der Waals surface area contributed by atoms with Crippen LogP contribution in [-0.4, -0.2) is 27.6 Å². The van der Waals surface area contributed by atoms with Gasteiger partial charge in [-0.2, -0.15) is 0 Å². The normalized spacial score (nSPS) is 27.0. The molecule has 0 spiro atoms. The van der Waals surface area contributed by atoms with Crippen molar-refractivity contribution in [2.75, 3.05) is 0 Å². The van der Waals surface area contributed by atoms with Crippen LogP contribution in [0.25, 0.3) is 0 Å². The number of rotatable bonds is 12. The van der Waals surface area contributed by atoms with Crippen molar-refractivity contribution in [3.8, 4) is 0 Å². The maximum atomic E-state index is 12.5. The van der Waals surface area contributed by atoms with Crippen molar-refractivity contribution >= 4 is 11.8 Å². The number of hydrogen-bond acceptors (Lipinski definition) is 3. The van der Waals surface area contributed by atoms with Crippen molar-refractivity contribution in [1.82, 2.24) is 0 Å². The van der Waals surface area contributed by atoms with E-state index < -0.39 is 23.4 Å². The van der Waals surface area contributed by atoms with Gasteiger partial charge in [-0.1, -0.05) is 71.4 Å². The van der Waals surface area contributed by atoms with E-state index in [9.17, 15) is 19.8 Å². The van der Waals surface area contributed by atoms with Crippen LogP contribution in [-0.2, 0) is 9.59 Å². The van der Waals surface area contributed by atoms with Crippen LogP contribution < -0.4 is 0 Å². The molecule has 0 radical (unpaired) electrons. The quantitative estimate of drug-likeness (QED) is 0.377. The SMILES string of the molecule is CCCCCC(C(=O)O)[C@@H]1C(=O)C[C@@H](C)[C@@H]1C=CC(C)(O)CCCCC. The van der Waals surface area contributed by atoms with E-state index in [2.05, 4.69) is 13.8 Å². The molecule has 2 unspecified atom stereocenters. The molecule has 1 aliphatic rings. The van der Waals surface area contributed by atoms with Crippen molar-refractivity contribution in [1.29, 1.82) is 0 Å². The number of carboxylic acids is 1. The summed E-state index contributed by atoms with van der Waals surface area (Å²) in [5, 5.41) is 20.3. The first-order valence-corrected chi connectivity index (χ1v) is 10.4. The van der Waals surface area contributed by atoms with E-state index in [1.807, 2.05) is 13.0 Å². The van der Waals surface area contributed by atoms with Gasteiger partial charge in [-0.25, -0.2) is 0 Å². The van der Waals surface area contributed by atoms with E-state index in [1.165, 1.54) is 0 Å². The molecule has 0 saturated heterocycles. The maximum Gasteiger partial charge on any atom is 0.307 e. The second kappa shape index (κ2) is 10.9.